The predicted octanol–water partition coefficient (Wildman–Crippen LogP) is 7.03. The van der Waals surface area contributed by atoms with Crippen molar-refractivity contribution >= 4 is 17.6 Å². The Hall–Kier alpha value is -0.240. The monoisotopic (exact) mass is 346 g/mol. The zero-order chi connectivity index (χ0) is 17.0. The van der Waals surface area contributed by atoms with Gasteiger partial charge in [0, 0.05) is 12.3 Å². The van der Waals surface area contributed by atoms with E-state index in [9.17, 15) is 4.79 Å². The second kappa shape index (κ2) is 19.8. The molecule has 0 heterocycles. The summed E-state index contributed by atoms with van der Waals surface area (Å²) in [5.41, 5.74) is 0. The summed E-state index contributed by atoms with van der Waals surface area (Å²) < 4.78 is 5.28. The summed E-state index contributed by atoms with van der Waals surface area (Å²) in [6, 6.07) is 0. The number of hydrogen-bond acceptors (Lipinski definition) is 2. The van der Waals surface area contributed by atoms with Gasteiger partial charge >= 0.3 is 5.97 Å². The van der Waals surface area contributed by atoms with Gasteiger partial charge in [-0.2, -0.15) is 0 Å². The average molecular weight is 347 g/mol. The summed E-state index contributed by atoms with van der Waals surface area (Å²) in [5, 5.41) is 0. The van der Waals surface area contributed by atoms with Gasteiger partial charge in [-0.15, -0.1) is 11.6 Å². The van der Waals surface area contributed by atoms with Gasteiger partial charge in [0.2, 0.25) is 0 Å². The van der Waals surface area contributed by atoms with E-state index in [0.29, 0.717) is 13.0 Å². The first kappa shape index (κ1) is 22.8. The van der Waals surface area contributed by atoms with Crippen molar-refractivity contribution in [3.8, 4) is 0 Å². The van der Waals surface area contributed by atoms with Crippen molar-refractivity contribution in [1.29, 1.82) is 0 Å². The predicted molar refractivity (Wildman–Crippen MR) is 101 cm³/mol. The highest BCUT2D eigenvalue weighted by molar-refractivity contribution is 6.17. The van der Waals surface area contributed by atoms with Crippen molar-refractivity contribution in [2.24, 2.45) is 0 Å². The van der Waals surface area contributed by atoms with Gasteiger partial charge < -0.3 is 4.74 Å². The molecule has 0 saturated carbocycles. The summed E-state index contributed by atoms with van der Waals surface area (Å²) in [6.07, 6.45) is 19.1. The molecule has 0 rings (SSSR count). The number of halogens is 1. The van der Waals surface area contributed by atoms with Gasteiger partial charge in [-0.25, -0.2) is 0 Å². The summed E-state index contributed by atoms with van der Waals surface area (Å²) >= 11 is 5.64. The van der Waals surface area contributed by atoms with E-state index in [2.05, 4.69) is 6.92 Å². The zero-order valence-electron chi connectivity index (χ0n) is 15.4. The molecule has 0 aliphatic carbocycles. The van der Waals surface area contributed by atoms with E-state index in [4.69, 9.17) is 16.3 Å². The normalized spacial score (nSPS) is 10.9. The molecule has 0 radical (unpaired) electrons. The van der Waals surface area contributed by atoms with Crippen LogP contribution in [-0.4, -0.2) is 18.5 Å². The van der Waals surface area contributed by atoms with Gasteiger partial charge in [-0.05, 0) is 19.3 Å². The molecule has 0 bridgehead atoms. The number of rotatable bonds is 18. The maximum atomic E-state index is 11.6. The third-order valence-corrected chi connectivity index (χ3v) is 4.54. The second-order valence-electron chi connectivity index (χ2n) is 6.61. The van der Waals surface area contributed by atoms with E-state index in [-0.39, 0.29) is 5.97 Å². The van der Waals surface area contributed by atoms with E-state index in [1.165, 1.54) is 70.6 Å². The van der Waals surface area contributed by atoms with Gasteiger partial charge in [0.05, 0.1) is 6.61 Å². The highest BCUT2D eigenvalue weighted by atomic mass is 35.5. The molecule has 23 heavy (non-hydrogen) atoms. The summed E-state index contributed by atoms with van der Waals surface area (Å²) in [7, 11) is 0. The lowest BCUT2D eigenvalue weighted by molar-refractivity contribution is -0.143. The smallest absolute Gasteiger partial charge is 0.305 e. The zero-order valence-corrected chi connectivity index (χ0v) is 16.2. The van der Waals surface area contributed by atoms with Gasteiger partial charge in [-0.1, -0.05) is 84.0 Å². The summed E-state index contributed by atoms with van der Waals surface area (Å²) in [4.78, 5) is 11.6. The Morgan fingerprint density at radius 1 is 0.696 bits per heavy atom. The Morgan fingerprint density at radius 2 is 1.17 bits per heavy atom. The molecule has 0 atom stereocenters. The lowest BCUT2D eigenvalue weighted by Crippen LogP contribution is -2.05. The molecule has 0 aromatic heterocycles. The van der Waals surface area contributed by atoms with E-state index >= 15 is 0 Å². The third-order valence-electron chi connectivity index (χ3n) is 4.28. The van der Waals surface area contributed by atoms with Gasteiger partial charge in [0.1, 0.15) is 0 Å². The van der Waals surface area contributed by atoms with E-state index < -0.39 is 0 Å². The largest absolute Gasteiger partial charge is 0.466 e. The van der Waals surface area contributed by atoms with Crippen LogP contribution in [0.1, 0.15) is 110 Å². The fraction of sp³-hybridized carbons (Fsp3) is 0.950. The molecule has 0 aromatic rings. The van der Waals surface area contributed by atoms with Crippen molar-refractivity contribution < 1.29 is 9.53 Å². The molecule has 0 saturated heterocycles. The fourth-order valence-electron chi connectivity index (χ4n) is 2.74. The van der Waals surface area contributed by atoms with Crippen molar-refractivity contribution in [2.45, 2.75) is 110 Å². The number of ether oxygens (including phenoxy) is 1. The topological polar surface area (TPSA) is 26.3 Å². The minimum absolute atomic E-state index is 0.00455. The van der Waals surface area contributed by atoms with Crippen LogP contribution in [0.15, 0.2) is 0 Å². The lowest BCUT2D eigenvalue weighted by Gasteiger charge is -2.05. The van der Waals surface area contributed by atoms with Gasteiger partial charge in [0.25, 0.3) is 0 Å². The molecule has 0 N–H and O–H groups in total. The van der Waals surface area contributed by atoms with Crippen LogP contribution in [0.3, 0.4) is 0 Å². The number of carbonyl (C=O) groups excluding carboxylic acids is 1. The van der Waals surface area contributed by atoms with Crippen LogP contribution in [-0.2, 0) is 9.53 Å². The number of hydrogen-bond donors (Lipinski definition) is 0. The molecule has 3 heteroatoms. The minimum Gasteiger partial charge on any atom is -0.466 e. The first-order chi connectivity index (χ1) is 11.3. The van der Waals surface area contributed by atoms with Crippen LogP contribution in [0.2, 0.25) is 0 Å². The molecular formula is C20H39ClO2. The summed E-state index contributed by atoms with van der Waals surface area (Å²) in [5.74, 6) is 0.770. The molecule has 0 amide bonds. The molecule has 2 nitrogen and oxygen atoms in total. The lowest BCUT2D eigenvalue weighted by atomic mass is 10.1. The first-order valence-corrected chi connectivity index (χ1v) is 10.6. The third kappa shape index (κ3) is 19.7. The van der Waals surface area contributed by atoms with Crippen molar-refractivity contribution in [2.75, 3.05) is 12.5 Å². The maximum absolute atomic E-state index is 11.6. The standard InChI is InChI=1S/C20H39ClO2/c1-2-3-4-5-6-7-8-11-14-17-20(22)23-19-16-13-10-9-12-15-18-21/h2-19H2,1H3. The molecule has 0 spiro atoms. The maximum Gasteiger partial charge on any atom is 0.305 e. The fourth-order valence-corrected chi connectivity index (χ4v) is 2.93. The Balaban J connectivity index is 3.13. The van der Waals surface area contributed by atoms with Crippen LogP contribution < -0.4 is 0 Å². The van der Waals surface area contributed by atoms with Crippen molar-refractivity contribution in [3.63, 3.8) is 0 Å². The Morgan fingerprint density at radius 3 is 1.74 bits per heavy atom. The molecule has 0 fully saturated rings. The van der Waals surface area contributed by atoms with Crippen LogP contribution in [0.4, 0.5) is 0 Å². The van der Waals surface area contributed by atoms with E-state index in [1.807, 2.05) is 0 Å². The molecule has 0 aromatic carbocycles. The van der Waals surface area contributed by atoms with Crippen LogP contribution in [0.25, 0.3) is 0 Å². The van der Waals surface area contributed by atoms with E-state index in [0.717, 1.165) is 31.6 Å². The Kier molecular flexibility index (Phi) is 19.6. The van der Waals surface area contributed by atoms with Crippen LogP contribution in [0, 0.1) is 0 Å². The van der Waals surface area contributed by atoms with Crippen LogP contribution in [0.5, 0.6) is 0 Å². The Labute approximate surface area is 149 Å². The molecule has 0 unspecified atom stereocenters. The quantitative estimate of drug-likeness (QED) is 0.151. The SMILES string of the molecule is CCCCCCCCCCCC(=O)OCCCCCCCCCl. The summed E-state index contributed by atoms with van der Waals surface area (Å²) in [6.45, 7) is 2.86. The molecule has 0 aliphatic heterocycles. The van der Waals surface area contributed by atoms with Crippen molar-refractivity contribution in [1.82, 2.24) is 0 Å². The van der Waals surface area contributed by atoms with E-state index in [1.54, 1.807) is 0 Å². The van der Waals surface area contributed by atoms with Gasteiger partial charge in [0.15, 0.2) is 0 Å². The minimum atomic E-state index is -0.00455. The Bertz CT molecular complexity index is 244. The molecular weight excluding hydrogens is 308 g/mol. The number of unbranched alkanes of at least 4 members (excludes halogenated alkanes) is 13. The number of esters is 1. The highest BCUT2D eigenvalue weighted by Gasteiger charge is 2.02. The second-order valence-corrected chi connectivity index (χ2v) is 6.99. The average Bonchev–Trinajstić information content (AvgIpc) is 2.56. The number of alkyl halides is 1. The highest BCUT2D eigenvalue weighted by Crippen LogP contribution is 2.11. The van der Waals surface area contributed by atoms with Crippen LogP contribution >= 0.6 is 11.6 Å². The first-order valence-electron chi connectivity index (χ1n) is 10.0. The molecule has 138 valence electrons. The molecule has 0 aliphatic rings. The van der Waals surface area contributed by atoms with Gasteiger partial charge in [-0.3, -0.25) is 4.79 Å². The number of carbonyl (C=O) groups is 1. The van der Waals surface area contributed by atoms with Crippen molar-refractivity contribution in [3.05, 3.63) is 0 Å².